The number of carbonyl (C=O) groups is 1. The van der Waals surface area contributed by atoms with Crippen LogP contribution in [0.4, 0.5) is 0 Å². The van der Waals surface area contributed by atoms with Crippen molar-refractivity contribution >= 4 is 5.78 Å². The van der Waals surface area contributed by atoms with Crippen LogP contribution in [0.3, 0.4) is 0 Å². The van der Waals surface area contributed by atoms with E-state index < -0.39 is 5.72 Å². The number of carbonyl (C=O) groups excluding carboxylic acids is 1. The fraction of sp³-hybridized carbons (Fsp3) is 0.929. The van der Waals surface area contributed by atoms with Gasteiger partial charge in [0, 0.05) is 19.9 Å². The molecular weight excluding hydrogens is 256 g/mol. The van der Waals surface area contributed by atoms with Crippen molar-refractivity contribution in [2.24, 2.45) is 27.9 Å². The largest absolute Gasteiger partial charge is 0.368 e. The minimum atomic E-state index is -0.969. The van der Waals surface area contributed by atoms with E-state index in [1.54, 1.807) is 27.9 Å². The Balaban J connectivity index is -0.000000251. The number of hydrogen-bond acceptors (Lipinski definition) is 6. The Hall–Kier alpha value is -0.850. The van der Waals surface area contributed by atoms with Crippen molar-refractivity contribution in [1.82, 2.24) is 5.43 Å². The van der Waals surface area contributed by atoms with Gasteiger partial charge in [-0.15, -0.1) is 0 Å². The number of aliphatic hydroxyl groups is 1. The molecule has 0 rings (SSSR count). The monoisotopic (exact) mass is 290 g/mol. The van der Waals surface area contributed by atoms with E-state index in [0.29, 0.717) is 18.3 Å². The van der Waals surface area contributed by atoms with Crippen molar-refractivity contribution in [3.05, 3.63) is 0 Å². The maximum atomic E-state index is 10.3. The molecule has 1 atom stereocenters. The fourth-order valence-corrected chi connectivity index (χ4v) is 1.60. The van der Waals surface area contributed by atoms with Crippen molar-refractivity contribution in [2.45, 2.75) is 60.1 Å². The number of nitrogens with two attached hydrogens (primary N) is 1. The number of hydrogen-bond donors (Lipinski definition) is 3. The van der Waals surface area contributed by atoms with Crippen LogP contribution < -0.4 is 11.3 Å². The third kappa shape index (κ3) is 30.3. The summed E-state index contributed by atoms with van der Waals surface area (Å²) in [6.45, 7) is 11.5. The summed E-state index contributed by atoms with van der Waals surface area (Å²) in [5, 5.41) is 16.6. The average molecular weight is 290 g/mol. The third-order valence-corrected chi connectivity index (χ3v) is 1.81. The topological polar surface area (TPSA) is 100 Å². The van der Waals surface area contributed by atoms with Crippen LogP contribution in [0, 0.1) is 11.8 Å². The van der Waals surface area contributed by atoms with Crippen LogP contribution in [0.25, 0.3) is 0 Å². The van der Waals surface area contributed by atoms with E-state index >= 15 is 0 Å². The number of nitrogens with zero attached hydrogens (tertiary/aromatic N) is 2. The predicted molar refractivity (Wildman–Crippen MR) is 84.2 cm³/mol. The van der Waals surface area contributed by atoms with Crippen molar-refractivity contribution in [1.29, 1.82) is 0 Å². The van der Waals surface area contributed by atoms with E-state index in [0.717, 1.165) is 6.42 Å². The third-order valence-electron chi connectivity index (χ3n) is 1.81. The molecule has 0 aromatic rings. The van der Waals surface area contributed by atoms with Gasteiger partial charge in [-0.25, -0.2) is 0 Å². The Kier molecular flexibility index (Phi) is 17.6. The maximum Gasteiger partial charge on any atom is 0.173 e. The standard InChI is InChI=1S/C7H16N2O.C6H12O.CH6N2/c1-6(2)5-7(3,10)9-8-4;1-5(2)4-6(3)7;1-3-2/h6,10H,5H2,1-4H3;5H,4H2,1-3H3;3H,2H2,1H3. The molecule has 0 aliphatic carbocycles. The van der Waals surface area contributed by atoms with Crippen LogP contribution >= 0.6 is 0 Å². The quantitative estimate of drug-likeness (QED) is 0.411. The zero-order chi connectivity index (χ0) is 16.8. The summed E-state index contributed by atoms with van der Waals surface area (Å²) in [5.74, 6) is 5.85. The van der Waals surface area contributed by atoms with Crippen LogP contribution in [0.15, 0.2) is 10.2 Å². The highest BCUT2D eigenvalue weighted by Crippen LogP contribution is 2.17. The van der Waals surface area contributed by atoms with Crippen molar-refractivity contribution in [2.75, 3.05) is 14.1 Å². The number of nitrogens with one attached hydrogen (secondary N) is 1. The molecule has 0 saturated heterocycles. The second-order valence-electron chi connectivity index (χ2n) is 5.70. The SMILES string of the molecule is CC(=O)CC(C)C.CN=NC(C)(O)CC(C)C.CNN. The van der Waals surface area contributed by atoms with Gasteiger partial charge in [0.2, 0.25) is 0 Å². The van der Waals surface area contributed by atoms with Crippen LogP contribution in [0.2, 0.25) is 0 Å². The molecule has 1 unspecified atom stereocenters. The van der Waals surface area contributed by atoms with Crippen LogP contribution in [-0.2, 0) is 4.79 Å². The van der Waals surface area contributed by atoms with E-state index in [2.05, 4.69) is 21.5 Å². The first kappa shape index (κ1) is 24.2. The highest BCUT2D eigenvalue weighted by Gasteiger charge is 2.19. The number of Topliss-reactive ketones (excluding diaryl/α,β-unsaturated/α-hetero) is 1. The highest BCUT2D eigenvalue weighted by molar-refractivity contribution is 5.75. The smallest absolute Gasteiger partial charge is 0.173 e. The second-order valence-corrected chi connectivity index (χ2v) is 5.70. The Morgan fingerprint density at radius 1 is 1.30 bits per heavy atom. The van der Waals surface area contributed by atoms with E-state index in [-0.39, 0.29) is 5.78 Å². The molecule has 0 aromatic heterocycles. The van der Waals surface area contributed by atoms with Crippen molar-refractivity contribution in [3.63, 3.8) is 0 Å². The van der Waals surface area contributed by atoms with Gasteiger partial charge in [0.25, 0.3) is 0 Å². The van der Waals surface area contributed by atoms with Gasteiger partial charge in [-0.05, 0) is 32.7 Å². The number of hydrazine groups is 1. The predicted octanol–water partition coefficient (Wildman–Crippen LogP) is 2.52. The lowest BCUT2D eigenvalue weighted by atomic mass is 10.0. The lowest BCUT2D eigenvalue weighted by Gasteiger charge is -2.18. The van der Waals surface area contributed by atoms with Gasteiger partial charge in [0.1, 0.15) is 5.78 Å². The van der Waals surface area contributed by atoms with Gasteiger partial charge in [0.15, 0.2) is 5.72 Å². The Labute approximate surface area is 124 Å². The molecule has 0 spiro atoms. The molecule has 6 nitrogen and oxygen atoms in total. The van der Waals surface area contributed by atoms with Gasteiger partial charge in [0.05, 0.1) is 0 Å². The molecule has 20 heavy (non-hydrogen) atoms. The Bertz CT molecular complexity index is 252. The average Bonchev–Trinajstić information content (AvgIpc) is 2.13. The molecule has 0 aromatic carbocycles. The minimum absolute atomic E-state index is 0.287. The zero-order valence-electron chi connectivity index (χ0n) is 14.4. The molecule has 122 valence electrons. The summed E-state index contributed by atoms with van der Waals surface area (Å²) in [4.78, 5) is 10.3. The van der Waals surface area contributed by atoms with Gasteiger partial charge in [-0.2, -0.15) is 10.2 Å². The number of azo groups is 1. The van der Waals surface area contributed by atoms with E-state index in [1.165, 1.54) is 0 Å². The summed E-state index contributed by atoms with van der Waals surface area (Å²) in [6.07, 6.45) is 1.38. The molecule has 0 radical (unpaired) electrons. The van der Waals surface area contributed by atoms with Gasteiger partial charge in [-0.1, -0.05) is 27.7 Å². The summed E-state index contributed by atoms with van der Waals surface area (Å²) in [7, 11) is 3.22. The summed E-state index contributed by atoms with van der Waals surface area (Å²) < 4.78 is 0. The van der Waals surface area contributed by atoms with E-state index in [9.17, 15) is 9.90 Å². The lowest BCUT2D eigenvalue weighted by Crippen LogP contribution is -2.22. The van der Waals surface area contributed by atoms with Crippen LogP contribution in [0.5, 0.6) is 0 Å². The van der Waals surface area contributed by atoms with E-state index in [1.807, 2.05) is 27.7 Å². The summed E-state index contributed by atoms with van der Waals surface area (Å²) in [6, 6.07) is 0. The molecule has 6 heteroatoms. The minimum Gasteiger partial charge on any atom is -0.368 e. The van der Waals surface area contributed by atoms with E-state index in [4.69, 9.17) is 0 Å². The molecule has 0 aliphatic heterocycles. The Morgan fingerprint density at radius 2 is 1.70 bits per heavy atom. The molecule has 0 heterocycles. The lowest BCUT2D eigenvalue weighted by molar-refractivity contribution is -0.117. The van der Waals surface area contributed by atoms with Gasteiger partial charge in [-0.3, -0.25) is 11.3 Å². The van der Waals surface area contributed by atoms with Gasteiger partial charge >= 0.3 is 0 Å². The molecule has 0 amide bonds. The van der Waals surface area contributed by atoms with Crippen LogP contribution in [-0.4, -0.2) is 30.7 Å². The first-order valence-electron chi connectivity index (χ1n) is 6.92. The molecule has 0 fully saturated rings. The maximum absolute atomic E-state index is 10.3. The van der Waals surface area contributed by atoms with Crippen LogP contribution in [0.1, 0.15) is 54.4 Å². The molecule has 0 bridgehead atoms. The molecule has 0 saturated carbocycles. The second kappa shape index (κ2) is 14.6. The molecular formula is C14H34N4O2. The fourth-order valence-electron chi connectivity index (χ4n) is 1.60. The number of ketones is 1. The first-order valence-corrected chi connectivity index (χ1v) is 6.92. The highest BCUT2D eigenvalue weighted by atomic mass is 16.3. The van der Waals surface area contributed by atoms with Crippen molar-refractivity contribution < 1.29 is 9.90 Å². The molecule has 4 N–H and O–H groups in total. The summed E-state index contributed by atoms with van der Waals surface area (Å²) in [5.41, 5.74) is 1.28. The van der Waals surface area contributed by atoms with Crippen molar-refractivity contribution in [3.8, 4) is 0 Å². The normalized spacial score (nSPS) is 13.4. The molecule has 0 aliphatic rings. The zero-order valence-corrected chi connectivity index (χ0v) is 14.4. The first-order chi connectivity index (χ1) is 9.02. The Morgan fingerprint density at radius 3 is 1.85 bits per heavy atom. The summed E-state index contributed by atoms with van der Waals surface area (Å²) >= 11 is 0. The number of rotatable bonds is 5. The van der Waals surface area contributed by atoms with Gasteiger partial charge < -0.3 is 9.90 Å².